The first-order valence-electron chi connectivity index (χ1n) is 4.67. The van der Waals surface area contributed by atoms with Gasteiger partial charge in [-0.05, 0) is 13.8 Å². The molecule has 0 heterocycles. The second kappa shape index (κ2) is 8.39. The van der Waals surface area contributed by atoms with Crippen molar-refractivity contribution in [3.63, 3.8) is 0 Å². The molecule has 0 rings (SSSR count). The van der Waals surface area contributed by atoms with Gasteiger partial charge in [-0.1, -0.05) is 6.08 Å². The zero-order valence-electron chi connectivity index (χ0n) is 9.22. The lowest BCUT2D eigenvalue weighted by Gasteiger charge is -2.27. The highest BCUT2D eigenvalue weighted by Crippen LogP contribution is 1.98. The van der Waals surface area contributed by atoms with Crippen molar-refractivity contribution in [3.8, 4) is 0 Å². The van der Waals surface area contributed by atoms with Crippen LogP contribution in [0.25, 0.3) is 0 Å². The molecule has 0 spiro atoms. The van der Waals surface area contributed by atoms with Crippen LogP contribution in [0.3, 0.4) is 0 Å². The summed E-state index contributed by atoms with van der Waals surface area (Å²) in [6.07, 6.45) is 4.80. The summed E-state index contributed by atoms with van der Waals surface area (Å²) in [7, 11) is 4.49. The van der Waals surface area contributed by atoms with Crippen molar-refractivity contribution in [2.75, 3.05) is 33.8 Å². The van der Waals surface area contributed by atoms with Crippen molar-refractivity contribution in [1.29, 1.82) is 0 Å². The van der Waals surface area contributed by atoms with Crippen LogP contribution in [0.2, 0.25) is 0 Å². The molecule has 3 heteroatoms. The standard InChI is InChI=1S/C10H22NO.ClH/c1-5-9-12-10-7-8-11(3,4)6-2;/h5,9H,6-8,10H2,1-4H3;1H/q+1;/p-1. The van der Waals surface area contributed by atoms with Crippen LogP contribution in [0, 0.1) is 0 Å². The van der Waals surface area contributed by atoms with Gasteiger partial charge in [0.05, 0.1) is 40.1 Å². The predicted molar refractivity (Wildman–Crippen MR) is 52.9 cm³/mol. The molecule has 0 amide bonds. The van der Waals surface area contributed by atoms with Crippen molar-refractivity contribution in [1.82, 2.24) is 0 Å². The van der Waals surface area contributed by atoms with Gasteiger partial charge in [0.25, 0.3) is 0 Å². The van der Waals surface area contributed by atoms with Crippen LogP contribution in [0.1, 0.15) is 20.3 Å². The normalized spacial score (nSPS) is 11.4. The fourth-order valence-electron chi connectivity index (χ4n) is 0.898. The fourth-order valence-corrected chi connectivity index (χ4v) is 0.898. The minimum Gasteiger partial charge on any atom is -1.00 e. The number of ether oxygens (including phenoxy) is 1. The third-order valence-electron chi connectivity index (χ3n) is 2.11. The van der Waals surface area contributed by atoms with Gasteiger partial charge in [-0.3, -0.25) is 0 Å². The summed E-state index contributed by atoms with van der Waals surface area (Å²) < 4.78 is 6.31. The Bertz CT molecular complexity index is 135. The van der Waals surface area contributed by atoms with E-state index in [0.717, 1.165) is 17.5 Å². The van der Waals surface area contributed by atoms with E-state index in [9.17, 15) is 0 Å². The molecule has 13 heavy (non-hydrogen) atoms. The molecule has 0 aliphatic heterocycles. The Morgan fingerprint density at radius 1 is 1.31 bits per heavy atom. The van der Waals surface area contributed by atoms with Crippen molar-refractivity contribution in [2.24, 2.45) is 0 Å². The van der Waals surface area contributed by atoms with E-state index >= 15 is 0 Å². The van der Waals surface area contributed by atoms with E-state index in [-0.39, 0.29) is 12.4 Å². The molecule has 0 aromatic carbocycles. The fraction of sp³-hybridized carbons (Fsp3) is 0.800. The quantitative estimate of drug-likeness (QED) is 0.310. The molecule has 0 aromatic rings. The van der Waals surface area contributed by atoms with Gasteiger partial charge in [0.1, 0.15) is 0 Å². The highest BCUT2D eigenvalue weighted by molar-refractivity contribution is 4.64. The Labute approximate surface area is 88.6 Å². The summed E-state index contributed by atoms with van der Waals surface area (Å²) in [5.74, 6) is 0. The van der Waals surface area contributed by atoms with Gasteiger partial charge >= 0.3 is 0 Å². The van der Waals surface area contributed by atoms with Crippen LogP contribution in [0.15, 0.2) is 12.3 Å². The smallest absolute Gasteiger partial charge is 0.0926 e. The van der Waals surface area contributed by atoms with Crippen LogP contribution >= 0.6 is 0 Å². The molecule has 0 radical (unpaired) electrons. The summed E-state index contributed by atoms with van der Waals surface area (Å²) >= 11 is 0. The highest BCUT2D eigenvalue weighted by Gasteiger charge is 2.09. The Hall–Kier alpha value is -0.210. The average molecular weight is 208 g/mol. The third-order valence-corrected chi connectivity index (χ3v) is 2.11. The molecule has 0 bridgehead atoms. The van der Waals surface area contributed by atoms with Crippen molar-refractivity contribution < 1.29 is 21.6 Å². The van der Waals surface area contributed by atoms with Gasteiger partial charge in [-0.15, -0.1) is 0 Å². The maximum Gasteiger partial charge on any atom is 0.0926 e. The first-order chi connectivity index (χ1) is 5.62. The molecule has 0 aliphatic rings. The SMILES string of the molecule is CC=COCCC[N+](C)(C)CC.[Cl-]. The summed E-state index contributed by atoms with van der Waals surface area (Å²) in [6.45, 7) is 7.39. The van der Waals surface area contributed by atoms with Crippen LogP contribution in [-0.4, -0.2) is 38.3 Å². The Morgan fingerprint density at radius 2 is 1.92 bits per heavy atom. The topological polar surface area (TPSA) is 9.23 Å². The first-order valence-corrected chi connectivity index (χ1v) is 4.67. The van der Waals surface area contributed by atoms with Gasteiger partial charge in [-0.25, -0.2) is 0 Å². The highest BCUT2D eigenvalue weighted by atomic mass is 35.5. The maximum absolute atomic E-state index is 5.23. The number of halogens is 1. The zero-order valence-corrected chi connectivity index (χ0v) is 9.97. The number of rotatable bonds is 6. The first kappa shape index (κ1) is 15.3. The number of hydrogen-bond acceptors (Lipinski definition) is 1. The van der Waals surface area contributed by atoms with Gasteiger partial charge < -0.3 is 21.6 Å². The van der Waals surface area contributed by atoms with Crippen LogP contribution in [0.4, 0.5) is 0 Å². The number of allylic oxidation sites excluding steroid dienone is 1. The molecule has 0 aromatic heterocycles. The maximum atomic E-state index is 5.23. The van der Waals surface area contributed by atoms with E-state index in [4.69, 9.17) is 4.74 Å². The summed E-state index contributed by atoms with van der Waals surface area (Å²) in [5, 5.41) is 0. The predicted octanol–water partition coefficient (Wildman–Crippen LogP) is -0.973. The summed E-state index contributed by atoms with van der Waals surface area (Å²) in [4.78, 5) is 0. The minimum atomic E-state index is 0. The third kappa shape index (κ3) is 9.71. The van der Waals surface area contributed by atoms with Gasteiger partial charge in [0.2, 0.25) is 0 Å². The molecule has 80 valence electrons. The minimum absolute atomic E-state index is 0. The lowest BCUT2D eigenvalue weighted by atomic mass is 10.3. The van der Waals surface area contributed by atoms with Crippen molar-refractivity contribution in [2.45, 2.75) is 20.3 Å². The molecule has 0 N–H and O–H groups in total. The number of nitrogens with zero attached hydrogens (tertiary/aromatic N) is 1. The second-order valence-corrected chi connectivity index (χ2v) is 3.67. The van der Waals surface area contributed by atoms with Crippen LogP contribution in [-0.2, 0) is 4.74 Å². The van der Waals surface area contributed by atoms with E-state index in [2.05, 4.69) is 21.0 Å². The van der Waals surface area contributed by atoms with Crippen LogP contribution < -0.4 is 12.4 Å². The summed E-state index contributed by atoms with van der Waals surface area (Å²) in [5.41, 5.74) is 0. The van der Waals surface area contributed by atoms with E-state index in [1.165, 1.54) is 13.1 Å². The number of hydrogen-bond donors (Lipinski definition) is 0. The average Bonchev–Trinajstić information content (AvgIpc) is 2.04. The van der Waals surface area contributed by atoms with Crippen molar-refractivity contribution >= 4 is 0 Å². The molecule has 0 unspecified atom stereocenters. The lowest BCUT2D eigenvalue weighted by molar-refractivity contribution is -0.888. The monoisotopic (exact) mass is 207 g/mol. The van der Waals surface area contributed by atoms with E-state index in [1.807, 2.05) is 13.0 Å². The zero-order chi connectivity index (χ0) is 9.45. The molecule has 0 atom stereocenters. The van der Waals surface area contributed by atoms with Gasteiger partial charge in [0.15, 0.2) is 0 Å². The molecular weight excluding hydrogens is 186 g/mol. The molecule has 2 nitrogen and oxygen atoms in total. The Balaban J connectivity index is 0. The molecule has 0 saturated heterocycles. The largest absolute Gasteiger partial charge is 1.00 e. The van der Waals surface area contributed by atoms with Gasteiger partial charge in [0, 0.05) is 6.42 Å². The van der Waals surface area contributed by atoms with E-state index in [0.29, 0.717) is 0 Å². The second-order valence-electron chi connectivity index (χ2n) is 3.67. The molecule has 0 saturated carbocycles. The molecule has 0 aliphatic carbocycles. The molecule has 0 fully saturated rings. The molecular formula is C10H22ClNO. The van der Waals surface area contributed by atoms with Gasteiger partial charge in [-0.2, -0.15) is 0 Å². The van der Waals surface area contributed by atoms with Crippen LogP contribution in [0.5, 0.6) is 0 Å². The number of quaternary nitrogens is 1. The van der Waals surface area contributed by atoms with Crippen molar-refractivity contribution in [3.05, 3.63) is 12.3 Å². The van der Waals surface area contributed by atoms with E-state index < -0.39 is 0 Å². The Morgan fingerprint density at radius 3 is 2.38 bits per heavy atom. The van der Waals surface area contributed by atoms with E-state index in [1.54, 1.807) is 6.26 Å². The summed E-state index contributed by atoms with van der Waals surface area (Å²) in [6, 6.07) is 0. The Kier molecular flexibility index (Phi) is 9.86. The lowest BCUT2D eigenvalue weighted by Crippen LogP contribution is -3.00.